The fourth-order valence-corrected chi connectivity index (χ4v) is 2.19. The van der Waals surface area contributed by atoms with Crippen LogP contribution in [0.1, 0.15) is 18.9 Å². The Morgan fingerprint density at radius 3 is 2.45 bits per heavy atom. The van der Waals surface area contributed by atoms with E-state index in [-0.39, 0.29) is 12.3 Å². The highest BCUT2D eigenvalue weighted by molar-refractivity contribution is 6.09. The first kappa shape index (κ1) is 14.0. The van der Waals surface area contributed by atoms with Crippen molar-refractivity contribution in [1.82, 2.24) is 10.9 Å². The lowest BCUT2D eigenvalue weighted by atomic mass is 10.0. The SMILES string of the molecule is CCN(C(=O)CC1C(=O)NNC1=O)c1cccc(C)c1. The molecule has 0 aliphatic carbocycles. The molecule has 1 saturated heterocycles. The number of nitrogens with zero attached hydrogens (tertiary/aromatic N) is 1. The predicted molar refractivity (Wildman–Crippen MR) is 73.6 cm³/mol. The topological polar surface area (TPSA) is 78.5 Å². The van der Waals surface area contributed by atoms with Crippen molar-refractivity contribution in [2.75, 3.05) is 11.4 Å². The van der Waals surface area contributed by atoms with Gasteiger partial charge < -0.3 is 4.90 Å². The molecule has 1 aliphatic heterocycles. The van der Waals surface area contributed by atoms with Crippen molar-refractivity contribution < 1.29 is 14.4 Å². The molecular weight excluding hydrogens is 258 g/mol. The molecular formula is C14H17N3O3. The number of carbonyl (C=O) groups excluding carboxylic acids is 3. The molecule has 0 spiro atoms. The molecule has 1 heterocycles. The molecule has 2 N–H and O–H groups in total. The Bertz CT molecular complexity index is 540. The van der Waals surface area contributed by atoms with Gasteiger partial charge >= 0.3 is 0 Å². The minimum absolute atomic E-state index is 0.126. The highest BCUT2D eigenvalue weighted by Crippen LogP contribution is 2.19. The van der Waals surface area contributed by atoms with E-state index in [9.17, 15) is 14.4 Å². The highest BCUT2D eigenvalue weighted by Gasteiger charge is 2.35. The second-order valence-corrected chi connectivity index (χ2v) is 4.71. The number of benzene rings is 1. The first-order valence-electron chi connectivity index (χ1n) is 6.49. The van der Waals surface area contributed by atoms with E-state index in [1.165, 1.54) is 0 Å². The maximum Gasteiger partial charge on any atom is 0.251 e. The maximum absolute atomic E-state index is 12.3. The van der Waals surface area contributed by atoms with Crippen LogP contribution >= 0.6 is 0 Å². The molecule has 2 rings (SSSR count). The summed E-state index contributed by atoms with van der Waals surface area (Å²) in [4.78, 5) is 36.8. The minimum atomic E-state index is -0.943. The molecule has 0 aromatic heterocycles. The van der Waals surface area contributed by atoms with E-state index in [0.29, 0.717) is 6.54 Å². The molecule has 0 saturated carbocycles. The Kier molecular flexibility index (Phi) is 4.02. The van der Waals surface area contributed by atoms with Crippen molar-refractivity contribution in [3.8, 4) is 0 Å². The Balaban J connectivity index is 2.13. The Labute approximate surface area is 117 Å². The van der Waals surface area contributed by atoms with Crippen LogP contribution in [-0.2, 0) is 14.4 Å². The van der Waals surface area contributed by atoms with Crippen molar-refractivity contribution in [3.05, 3.63) is 29.8 Å². The number of hydrazine groups is 1. The van der Waals surface area contributed by atoms with Crippen molar-refractivity contribution in [2.24, 2.45) is 5.92 Å². The second-order valence-electron chi connectivity index (χ2n) is 4.71. The fraction of sp³-hybridized carbons (Fsp3) is 0.357. The van der Waals surface area contributed by atoms with Gasteiger partial charge in [-0.25, -0.2) is 0 Å². The normalized spacial score (nSPS) is 14.9. The number of aryl methyl sites for hydroxylation is 1. The first-order chi connectivity index (χ1) is 9.52. The number of nitrogens with one attached hydrogen (secondary N) is 2. The van der Waals surface area contributed by atoms with Crippen LogP contribution in [0.4, 0.5) is 5.69 Å². The van der Waals surface area contributed by atoms with E-state index in [1.807, 2.05) is 38.1 Å². The van der Waals surface area contributed by atoms with Gasteiger partial charge in [0.05, 0.1) is 0 Å². The number of hydrogen-bond donors (Lipinski definition) is 2. The first-order valence-corrected chi connectivity index (χ1v) is 6.49. The molecule has 6 nitrogen and oxygen atoms in total. The zero-order chi connectivity index (χ0) is 14.7. The summed E-state index contributed by atoms with van der Waals surface area (Å²) in [5.74, 6) is -2.09. The third-order valence-corrected chi connectivity index (χ3v) is 3.25. The van der Waals surface area contributed by atoms with Crippen molar-refractivity contribution >= 4 is 23.4 Å². The summed E-state index contributed by atoms with van der Waals surface area (Å²) < 4.78 is 0. The van der Waals surface area contributed by atoms with E-state index in [2.05, 4.69) is 10.9 Å². The van der Waals surface area contributed by atoms with Crippen LogP contribution in [0, 0.1) is 12.8 Å². The van der Waals surface area contributed by atoms with E-state index in [1.54, 1.807) is 4.90 Å². The van der Waals surface area contributed by atoms with Crippen LogP contribution in [0.2, 0.25) is 0 Å². The third-order valence-electron chi connectivity index (χ3n) is 3.25. The van der Waals surface area contributed by atoms with Gasteiger partial charge in [-0.15, -0.1) is 0 Å². The number of amides is 3. The van der Waals surface area contributed by atoms with Crippen LogP contribution in [0.15, 0.2) is 24.3 Å². The number of carbonyl (C=O) groups is 3. The van der Waals surface area contributed by atoms with E-state index < -0.39 is 17.7 Å². The summed E-state index contributed by atoms with van der Waals surface area (Å²) in [5.41, 5.74) is 6.26. The average molecular weight is 275 g/mol. The lowest BCUT2D eigenvalue weighted by Crippen LogP contribution is -2.34. The molecule has 0 atom stereocenters. The average Bonchev–Trinajstić information content (AvgIpc) is 2.71. The fourth-order valence-electron chi connectivity index (χ4n) is 2.19. The van der Waals surface area contributed by atoms with Gasteiger partial charge in [-0.2, -0.15) is 0 Å². The van der Waals surface area contributed by atoms with Crippen molar-refractivity contribution in [3.63, 3.8) is 0 Å². The number of anilines is 1. The van der Waals surface area contributed by atoms with Gasteiger partial charge in [0.2, 0.25) is 5.91 Å². The zero-order valence-electron chi connectivity index (χ0n) is 11.5. The van der Waals surface area contributed by atoms with Crippen LogP contribution in [0.3, 0.4) is 0 Å². The monoisotopic (exact) mass is 275 g/mol. The van der Waals surface area contributed by atoms with Gasteiger partial charge in [0.25, 0.3) is 11.8 Å². The quantitative estimate of drug-likeness (QED) is 0.786. The van der Waals surface area contributed by atoms with Crippen LogP contribution in [0.25, 0.3) is 0 Å². The Hall–Kier alpha value is -2.37. The largest absolute Gasteiger partial charge is 0.313 e. The van der Waals surface area contributed by atoms with Gasteiger partial charge in [0, 0.05) is 18.7 Å². The van der Waals surface area contributed by atoms with Crippen LogP contribution < -0.4 is 15.8 Å². The van der Waals surface area contributed by atoms with Crippen LogP contribution in [-0.4, -0.2) is 24.3 Å². The zero-order valence-corrected chi connectivity index (χ0v) is 11.5. The molecule has 0 bridgehead atoms. The summed E-state index contributed by atoms with van der Waals surface area (Å²) in [5, 5.41) is 0. The van der Waals surface area contributed by atoms with Crippen molar-refractivity contribution in [2.45, 2.75) is 20.3 Å². The lowest BCUT2D eigenvalue weighted by molar-refractivity contribution is -0.132. The molecule has 1 aromatic rings. The van der Waals surface area contributed by atoms with E-state index >= 15 is 0 Å². The summed E-state index contributed by atoms with van der Waals surface area (Å²) >= 11 is 0. The molecule has 3 amide bonds. The third kappa shape index (κ3) is 2.79. The molecule has 0 radical (unpaired) electrons. The summed E-state index contributed by atoms with van der Waals surface area (Å²) in [6, 6.07) is 7.55. The maximum atomic E-state index is 12.3. The number of hydrogen-bond acceptors (Lipinski definition) is 3. The van der Waals surface area contributed by atoms with Gasteiger partial charge in [-0.1, -0.05) is 12.1 Å². The summed E-state index contributed by atoms with van der Waals surface area (Å²) in [6.45, 7) is 4.28. The van der Waals surface area contributed by atoms with Crippen molar-refractivity contribution in [1.29, 1.82) is 0 Å². The van der Waals surface area contributed by atoms with E-state index in [4.69, 9.17) is 0 Å². The Morgan fingerprint density at radius 1 is 1.25 bits per heavy atom. The smallest absolute Gasteiger partial charge is 0.251 e. The predicted octanol–water partition coefficient (Wildman–Crippen LogP) is 0.515. The van der Waals surface area contributed by atoms with Gasteiger partial charge in [-0.3, -0.25) is 25.2 Å². The standard InChI is InChI=1S/C14H17N3O3/c1-3-17(10-6-4-5-9(2)7-10)12(18)8-11-13(19)15-16-14(11)20/h4-7,11H,3,8H2,1-2H3,(H,15,19)(H,16,20). The minimum Gasteiger partial charge on any atom is -0.313 e. The second kappa shape index (κ2) is 5.73. The molecule has 106 valence electrons. The molecule has 1 aliphatic rings. The van der Waals surface area contributed by atoms with Gasteiger partial charge in [0.1, 0.15) is 5.92 Å². The lowest BCUT2D eigenvalue weighted by Gasteiger charge is -2.22. The highest BCUT2D eigenvalue weighted by atomic mass is 16.2. The molecule has 1 aromatic carbocycles. The summed E-state index contributed by atoms with van der Waals surface area (Å²) in [6.07, 6.45) is -0.126. The van der Waals surface area contributed by atoms with E-state index in [0.717, 1.165) is 11.3 Å². The van der Waals surface area contributed by atoms with Gasteiger partial charge in [-0.05, 0) is 31.5 Å². The Morgan fingerprint density at radius 2 is 1.90 bits per heavy atom. The molecule has 6 heteroatoms. The molecule has 0 unspecified atom stereocenters. The summed E-state index contributed by atoms with van der Waals surface area (Å²) in [7, 11) is 0. The number of rotatable bonds is 4. The van der Waals surface area contributed by atoms with Crippen LogP contribution in [0.5, 0.6) is 0 Å². The van der Waals surface area contributed by atoms with Gasteiger partial charge in [0.15, 0.2) is 0 Å². The molecule has 1 fully saturated rings. The molecule has 20 heavy (non-hydrogen) atoms.